The second-order valence-corrected chi connectivity index (χ2v) is 5.97. The van der Waals surface area contributed by atoms with Gasteiger partial charge in [-0.25, -0.2) is 0 Å². The Bertz CT molecular complexity index is 436. The van der Waals surface area contributed by atoms with E-state index in [9.17, 15) is 0 Å². The first-order valence-corrected chi connectivity index (χ1v) is 8.31. The summed E-state index contributed by atoms with van der Waals surface area (Å²) in [5.74, 6) is 0.846. The monoisotopic (exact) mass is 357 g/mol. The highest BCUT2D eigenvalue weighted by molar-refractivity contribution is 9.10. The Hall–Kier alpha value is -0.620. The van der Waals surface area contributed by atoms with E-state index in [2.05, 4.69) is 40.3 Å². The Balaban J connectivity index is 2.08. The van der Waals surface area contributed by atoms with Crippen molar-refractivity contribution in [2.24, 2.45) is 0 Å². The van der Waals surface area contributed by atoms with E-state index in [0.29, 0.717) is 13.2 Å². The predicted molar refractivity (Wildman–Crippen MR) is 86.9 cm³/mol. The molecule has 2 unspecified atom stereocenters. The summed E-state index contributed by atoms with van der Waals surface area (Å²) in [6.45, 7) is 5.06. The Morgan fingerprint density at radius 1 is 1.43 bits per heavy atom. The molecule has 1 fully saturated rings. The lowest BCUT2D eigenvalue weighted by atomic mass is 9.99. The molecule has 1 saturated heterocycles. The zero-order valence-corrected chi connectivity index (χ0v) is 14.3. The maximum atomic E-state index is 5.85. The van der Waals surface area contributed by atoms with E-state index < -0.39 is 0 Å². The summed E-state index contributed by atoms with van der Waals surface area (Å²) in [6.07, 6.45) is 2.52. The van der Waals surface area contributed by atoms with Crippen LogP contribution >= 0.6 is 15.9 Å². The quantitative estimate of drug-likeness (QED) is 0.724. The van der Waals surface area contributed by atoms with Crippen LogP contribution in [0.4, 0.5) is 0 Å². The van der Waals surface area contributed by atoms with Gasteiger partial charge in [-0.15, -0.1) is 0 Å². The number of nitrogens with one attached hydrogen (secondary N) is 1. The summed E-state index contributed by atoms with van der Waals surface area (Å²) >= 11 is 3.59. The van der Waals surface area contributed by atoms with Gasteiger partial charge in [0.2, 0.25) is 0 Å². The number of benzene rings is 1. The zero-order chi connectivity index (χ0) is 15.1. The van der Waals surface area contributed by atoms with Crippen molar-refractivity contribution in [1.29, 1.82) is 0 Å². The second kappa shape index (κ2) is 8.73. The molecule has 21 heavy (non-hydrogen) atoms. The maximum Gasteiger partial charge on any atom is 0.133 e. The molecule has 5 heteroatoms. The topological polar surface area (TPSA) is 39.7 Å². The van der Waals surface area contributed by atoms with Crippen molar-refractivity contribution in [2.75, 3.05) is 33.5 Å². The normalized spacial score (nSPS) is 19.7. The fourth-order valence-corrected chi connectivity index (χ4v) is 3.12. The lowest BCUT2D eigenvalue weighted by Crippen LogP contribution is -2.31. The van der Waals surface area contributed by atoms with Crippen LogP contribution in [0.25, 0.3) is 0 Å². The van der Waals surface area contributed by atoms with Crippen molar-refractivity contribution < 1.29 is 14.2 Å². The molecule has 0 saturated carbocycles. The summed E-state index contributed by atoms with van der Waals surface area (Å²) in [7, 11) is 1.67. The van der Waals surface area contributed by atoms with Gasteiger partial charge in [0.1, 0.15) is 12.4 Å². The molecule has 1 N–H and O–H groups in total. The van der Waals surface area contributed by atoms with Crippen LogP contribution in [-0.4, -0.2) is 39.6 Å². The smallest absolute Gasteiger partial charge is 0.133 e. The molecule has 1 aromatic carbocycles. The molecule has 118 valence electrons. The summed E-state index contributed by atoms with van der Waals surface area (Å²) < 4.78 is 17.5. The number of hydrogen-bond acceptors (Lipinski definition) is 4. The summed E-state index contributed by atoms with van der Waals surface area (Å²) in [5.41, 5.74) is 1.23. The fourth-order valence-electron chi connectivity index (χ4n) is 2.61. The van der Waals surface area contributed by atoms with Gasteiger partial charge in [0.25, 0.3) is 0 Å². The summed E-state index contributed by atoms with van der Waals surface area (Å²) in [4.78, 5) is 0. The Labute approximate surface area is 135 Å². The SMILES string of the molecule is CCNC(c1ccc(OCCOC)c(Br)c1)C1CCCO1. The van der Waals surface area contributed by atoms with Crippen LogP contribution < -0.4 is 10.1 Å². The average molecular weight is 358 g/mol. The van der Waals surface area contributed by atoms with Crippen molar-refractivity contribution in [2.45, 2.75) is 31.9 Å². The van der Waals surface area contributed by atoms with Crippen molar-refractivity contribution in [3.8, 4) is 5.75 Å². The third-order valence-electron chi connectivity index (χ3n) is 3.62. The summed E-state index contributed by atoms with van der Waals surface area (Å²) in [6, 6.07) is 6.48. The van der Waals surface area contributed by atoms with Gasteiger partial charge >= 0.3 is 0 Å². The molecule has 1 aliphatic rings. The highest BCUT2D eigenvalue weighted by Gasteiger charge is 2.27. The van der Waals surface area contributed by atoms with Gasteiger partial charge in [0.05, 0.1) is 23.2 Å². The van der Waals surface area contributed by atoms with Crippen LogP contribution in [0.15, 0.2) is 22.7 Å². The second-order valence-electron chi connectivity index (χ2n) is 5.12. The average Bonchev–Trinajstić information content (AvgIpc) is 3.00. The molecule has 0 spiro atoms. The first kappa shape index (κ1) is 16.7. The number of rotatable bonds is 8. The number of methoxy groups -OCH3 is 1. The maximum absolute atomic E-state index is 5.85. The van der Waals surface area contributed by atoms with Gasteiger partial charge < -0.3 is 19.5 Å². The van der Waals surface area contributed by atoms with Crippen LogP contribution in [0.3, 0.4) is 0 Å². The fraction of sp³-hybridized carbons (Fsp3) is 0.625. The molecule has 0 radical (unpaired) electrons. The minimum atomic E-state index is 0.238. The van der Waals surface area contributed by atoms with Crippen molar-refractivity contribution in [3.05, 3.63) is 28.2 Å². The van der Waals surface area contributed by atoms with Crippen LogP contribution in [0.5, 0.6) is 5.75 Å². The molecule has 0 aromatic heterocycles. The highest BCUT2D eigenvalue weighted by Crippen LogP contribution is 2.32. The van der Waals surface area contributed by atoms with E-state index in [4.69, 9.17) is 14.2 Å². The van der Waals surface area contributed by atoms with E-state index in [1.54, 1.807) is 7.11 Å². The van der Waals surface area contributed by atoms with Crippen LogP contribution in [0.2, 0.25) is 0 Å². The molecule has 0 aliphatic carbocycles. The minimum Gasteiger partial charge on any atom is -0.490 e. The Kier molecular flexibility index (Phi) is 6.96. The van der Waals surface area contributed by atoms with Gasteiger partial charge in [0.15, 0.2) is 0 Å². The third-order valence-corrected chi connectivity index (χ3v) is 4.24. The van der Waals surface area contributed by atoms with Crippen LogP contribution in [-0.2, 0) is 9.47 Å². The van der Waals surface area contributed by atoms with Crippen molar-refractivity contribution >= 4 is 15.9 Å². The predicted octanol–water partition coefficient (Wildman–Crippen LogP) is 3.30. The van der Waals surface area contributed by atoms with Crippen molar-refractivity contribution in [3.63, 3.8) is 0 Å². The van der Waals surface area contributed by atoms with E-state index in [0.717, 1.165) is 36.2 Å². The minimum absolute atomic E-state index is 0.238. The lowest BCUT2D eigenvalue weighted by Gasteiger charge is -2.25. The molecule has 1 heterocycles. The first-order chi connectivity index (χ1) is 10.3. The van der Waals surface area contributed by atoms with Gasteiger partial charge in [-0.05, 0) is 53.0 Å². The highest BCUT2D eigenvalue weighted by atomic mass is 79.9. The van der Waals surface area contributed by atoms with E-state index in [1.807, 2.05) is 6.07 Å². The third kappa shape index (κ3) is 4.68. The largest absolute Gasteiger partial charge is 0.490 e. The van der Waals surface area contributed by atoms with E-state index in [-0.39, 0.29) is 12.1 Å². The number of hydrogen-bond donors (Lipinski definition) is 1. The molecule has 1 aliphatic heterocycles. The number of halogens is 1. The molecule has 2 rings (SSSR count). The zero-order valence-electron chi connectivity index (χ0n) is 12.7. The van der Waals surface area contributed by atoms with Gasteiger partial charge in [-0.3, -0.25) is 0 Å². The lowest BCUT2D eigenvalue weighted by molar-refractivity contribution is 0.0787. The standard InChI is InChI=1S/C16H24BrNO3/c1-3-18-16(15-5-4-8-20-15)12-6-7-14(13(17)11-12)21-10-9-19-2/h6-7,11,15-16,18H,3-5,8-10H2,1-2H3. The van der Waals surface area contributed by atoms with Crippen molar-refractivity contribution in [1.82, 2.24) is 5.32 Å². The number of likely N-dealkylation sites (N-methyl/N-ethyl adjacent to an activating group) is 1. The molecule has 4 nitrogen and oxygen atoms in total. The van der Waals surface area contributed by atoms with Gasteiger partial charge in [0, 0.05) is 13.7 Å². The molecular formula is C16H24BrNO3. The molecule has 0 bridgehead atoms. The van der Waals surface area contributed by atoms with Crippen LogP contribution in [0, 0.1) is 0 Å². The molecule has 2 atom stereocenters. The Morgan fingerprint density at radius 2 is 2.29 bits per heavy atom. The summed E-state index contributed by atoms with van der Waals surface area (Å²) in [5, 5.41) is 3.53. The molecular weight excluding hydrogens is 334 g/mol. The molecule has 1 aromatic rings. The van der Waals surface area contributed by atoms with Gasteiger partial charge in [-0.2, -0.15) is 0 Å². The molecule has 0 amide bonds. The van der Waals surface area contributed by atoms with Crippen LogP contribution in [0.1, 0.15) is 31.4 Å². The first-order valence-electron chi connectivity index (χ1n) is 7.52. The van der Waals surface area contributed by atoms with E-state index in [1.165, 1.54) is 5.56 Å². The Morgan fingerprint density at radius 3 is 2.90 bits per heavy atom. The number of ether oxygens (including phenoxy) is 3. The van der Waals surface area contributed by atoms with Gasteiger partial charge in [-0.1, -0.05) is 13.0 Å². The van der Waals surface area contributed by atoms with E-state index >= 15 is 0 Å².